The van der Waals surface area contributed by atoms with Crippen molar-refractivity contribution in [1.29, 1.82) is 0 Å². The summed E-state index contributed by atoms with van der Waals surface area (Å²) in [6.45, 7) is 25.3. The number of rotatable bonds is 19. The number of fused-ring (bicyclic) bond motifs is 6. The molecule has 9 aliphatic rings. The van der Waals surface area contributed by atoms with Crippen LogP contribution in [0.1, 0.15) is 205 Å². The largest absolute Gasteiger partial charge is 0.456 e. The highest BCUT2D eigenvalue weighted by molar-refractivity contribution is 5.97. The van der Waals surface area contributed by atoms with E-state index in [0.717, 1.165) is 69.9 Å². The average molecular weight is 1470 g/mol. The van der Waals surface area contributed by atoms with E-state index in [-0.39, 0.29) is 52.6 Å². The first kappa shape index (κ1) is 78.3. The van der Waals surface area contributed by atoms with Crippen molar-refractivity contribution in [3.05, 3.63) is 166 Å². The number of allylic oxidation sites excluding steroid dienone is 4. The van der Waals surface area contributed by atoms with Crippen molar-refractivity contribution >= 4 is 47.8 Å². The van der Waals surface area contributed by atoms with Crippen LogP contribution in [0.4, 0.5) is 9.59 Å². The van der Waals surface area contributed by atoms with Crippen LogP contribution in [-0.4, -0.2) is 141 Å². The standard InChI is InChI=1S/C86H109N3O18/c1-48-40-59(35-32-54-30-23-39-83(12)61(36-37-62(54)83)49(2)31-38-63(92)55-33-34-55)50(3)64(41-48)104-78(98)87-60-43-80(7,8)46-82(11,44-60)89-79(99)105-66-42-67-85(47-101-67,107-53(6)91)72-74(106-76(96)58-28-21-16-22-29-58)86(100)45-65(51(4)68(81(86,9)10)71(102-52(5)90)73(94)84(66,72)13)103-77(97)70(93)69(56-24-17-14-18-25-56)88-75(95)57-26-19-15-20-27-57/h14-22,24-29,31-32,35,38,48-49,55,60-67,69-72,74,92-93,100H,3,23,30,33-34,36-37,39-47H2,1-2,4-13H3,(H,87,98)(H,88,95)(H,89,99)/b38-31+,54-32+,59-35-/t48-,49+,60?,61?,62?,63?,64+,65?,66?,67?,69?,70?,71?,72?,74?,82?,83-,84?,85?,86?/m1/s1. The topological polar surface area (TPSA) is 298 Å². The lowest BCUT2D eigenvalue weighted by atomic mass is 9.44. The second-order valence-electron chi connectivity index (χ2n) is 34.6. The highest BCUT2D eigenvalue weighted by Gasteiger charge is 2.79. The summed E-state index contributed by atoms with van der Waals surface area (Å²) in [5, 5.41) is 46.3. The molecule has 1 saturated heterocycles. The number of aliphatic hydroxyl groups excluding tert-OH is 2. The lowest BCUT2D eigenvalue weighted by Crippen LogP contribution is -2.82. The summed E-state index contributed by atoms with van der Waals surface area (Å²) in [5.74, 6) is -5.38. The molecule has 20 atom stereocenters. The second kappa shape index (κ2) is 30.3. The molecule has 107 heavy (non-hydrogen) atoms. The molecular weight excluding hydrogens is 1360 g/mol. The van der Waals surface area contributed by atoms with Crippen LogP contribution in [0.3, 0.4) is 0 Å². The van der Waals surface area contributed by atoms with Gasteiger partial charge in [0.25, 0.3) is 5.91 Å². The Labute approximate surface area is 628 Å². The van der Waals surface area contributed by atoms with Crippen LogP contribution in [0, 0.1) is 57.2 Å². The van der Waals surface area contributed by atoms with Crippen molar-refractivity contribution in [2.24, 2.45) is 57.2 Å². The van der Waals surface area contributed by atoms with E-state index in [1.54, 1.807) is 92.7 Å². The lowest BCUT2D eigenvalue weighted by Gasteiger charge is -2.67. The Balaban J connectivity index is 0.819. The molecule has 0 aromatic heterocycles. The first-order valence-electron chi connectivity index (χ1n) is 38.4. The van der Waals surface area contributed by atoms with Gasteiger partial charge in [0.2, 0.25) is 0 Å². The molecule has 8 fully saturated rings. The summed E-state index contributed by atoms with van der Waals surface area (Å²) >= 11 is 0. The van der Waals surface area contributed by atoms with Crippen molar-refractivity contribution in [3.63, 3.8) is 0 Å². The Morgan fingerprint density at radius 2 is 1.40 bits per heavy atom. The number of alkyl carbamates (subject to hydrolysis) is 2. The molecule has 2 bridgehead atoms. The summed E-state index contributed by atoms with van der Waals surface area (Å²) in [6.07, 6.45) is 5.16. The zero-order valence-corrected chi connectivity index (χ0v) is 64.0. The van der Waals surface area contributed by atoms with Gasteiger partial charge in [0.05, 0.1) is 35.6 Å². The molecule has 8 aliphatic carbocycles. The highest BCUT2D eigenvalue weighted by atomic mass is 16.6. The van der Waals surface area contributed by atoms with Gasteiger partial charge in [-0.1, -0.05) is 152 Å². The minimum atomic E-state index is -2.55. The van der Waals surface area contributed by atoms with Gasteiger partial charge in [-0.05, 0) is 190 Å². The van der Waals surface area contributed by atoms with Crippen molar-refractivity contribution in [3.8, 4) is 0 Å². The summed E-state index contributed by atoms with van der Waals surface area (Å²) in [4.78, 5) is 118. The van der Waals surface area contributed by atoms with Gasteiger partial charge in [0, 0.05) is 49.2 Å². The number of esters is 4. The van der Waals surface area contributed by atoms with Crippen molar-refractivity contribution in [2.45, 2.75) is 251 Å². The number of carbonyl (C=O) groups is 8. The number of ketones is 1. The Hall–Kier alpha value is -8.24. The first-order chi connectivity index (χ1) is 50.5. The molecule has 3 amide bonds. The monoisotopic (exact) mass is 1470 g/mol. The quantitative estimate of drug-likeness (QED) is 0.0369. The summed E-state index contributed by atoms with van der Waals surface area (Å²) in [5.41, 5.74) is -6.11. The first-order valence-corrected chi connectivity index (χ1v) is 38.4. The van der Waals surface area contributed by atoms with Gasteiger partial charge >= 0.3 is 36.1 Å². The molecule has 3 aromatic carbocycles. The number of aliphatic hydroxyl groups is 3. The van der Waals surface area contributed by atoms with E-state index >= 15 is 14.4 Å². The maximum absolute atomic E-state index is 16.8. The van der Waals surface area contributed by atoms with E-state index in [9.17, 15) is 39.3 Å². The molecule has 12 rings (SSSR count). The lowest BCUT2D eigenvalue weighted by molar-refractivity contribution is -0.345. The van der Waals surface area contributed by atoms with Gasteiger partial charge in [0.1, 0.15) is 36.1 Å². The van der Waals surface area contributed by atoms with E-state index in [1.165, 1.54) is 38.0 Å². The molecule has 3 aromatic rings. The molecular formula is C86H109N3O18. The number of ether oxygens (including phenoxy) is 7. The maximum Gasteiger partial charge on any atom is 0.407 e. The maximum atomic E-state index is 16.8. The van der Waals surface area contributed by atoms with Crippen LogP contribution in [0.25, 0.3) is 0 Å². The van der Waals surface area contributed by atoms with Crippen LogP contribution >= 0.6 is 0 Å². The second-order valence-corrected chi connectivity index (χ2v) is 34.6. The fourth-order valence-electron chi connectivity index (χ4n) is 20.7. The molecule has 0 spiro atoms. The van der Waals surface area contributed by atoms with E-state index in [2.05, 4.69) is 61.5 Å². The molecule has 6 N–H and O–H groups in total. The molecule has 1 heterocycles. The van der Waals surface area contributed by atoms with E-state index in [0.29, 0.717) is 48.5 Å². The van der Waals surface area contributed by atoms with Gasteiger partial charge in [-0.25, -0.2) is 19.2 Å². The Morgan fingerprint density at radius 1 is 0.738 bits per heavy atom. The fourth-order valence-corrected chi connectivity index (χ4v) is 20.7. The van der Waals surface area contributed by atoms with Crippen molar-refractivity contribution in [1.82, 2.24) is 16.0 Å². The SMILES string of the molecule is C=C1/C(=C\C=C2/CCC[C@@]3(C)C2CCC3[C@@H](C)/C=C/C(O)C2CC2)C[C@@H](C)C[C@@H]1OC(=O)NC1CC(C)(C)CC(C)(NC(=O)OC2CC3OCC3(OC(C)=O)C3C(OC(=O)c4ccccc4)C4(O)CC(OC(=O)C(O)C(NC(=O)c5ccccc5)c5ccccc5)C(C)=C(C(OC(C)=O)C(=O)C23C)C4(C)C)C1. The molecule has 7 saturated carbocycles. The molecule has 0 radical (unpaired) electrons. The van der Waals surface area contributed by atoms with Crippen LogP contribution in [0.5, 0.6) is 0 Å². The van der Waals surface area contributed by atoms with Crippen molar-refractivity contribution < 1.29 is 86.8 Å². The van der Waals surface area contributed by atoms with Crippen LogP contribution < -0.4 is 16.0 Å². The third-order valence-corrected chi connectivity index (χ3v) is 25.9. The van der Waals surface area contributed by atoms with Gasteiger partial charge in [-0.3, -0.25) is 19.2 Å². The molecule has 21 heteroatoms. The number of benzene rings is 3. The van der Waals surface area contributed by atoms with E-state index < -0.39 is 154 Å². The predicted octanol–water partition coefficient (Wildman–Crippen LogP) is 12.9. The third-order valence-electron chi connectivity index (χ3n) is 25.9. The van der Waals surface area contributed by atoms with Gasteiger partial charge in [-0.2, -0.15) is 0 Å². The van der Waals surface area contributed by atoms with Crippen LogP contribution in [0.2, 0.25) is 0 Å². The zero-order chi connectivity index (χ0) is 77.1. The van der Waals surface area contributed by atoms with E-state index in [4.69, 9.17) is 33.2 Å². The third kappa shape index (κ3) is 15.5. The van der Waals surface area contributed by atoms with Gasteiger partial charge < -0.3 is 64.4 Å². The zero-order valence-electron chi connectivity index (χ0n) is 64.0. The molecule has 16 unspecified atom stereocenters. The van der Waals surface area contributed by atoms with Crippen LogP contribution in [0.15, 0.2) is 150 Å². The number of Topliss-reactive ketones (excluding diaryl/α,β-unsaturated/α-hetero) is 1. The Kier molecular flexibility index (Phi) is 22.2. The normalized spacial score (nSPS) is 35.3. The number of nitrogens with one attached hydrogen (secondary N) is 3. The van der Waals surface area contributed by atoms with E-state index in [1.807, 2.05) is 26.8 Å². The number of hydrogen-bond acceptors (Lipinski definition) is 18. The number of hydrogen-bond donors (Lipinski definition) is 6. The summed E-state index contributed by atoms with van der Waals surface area (Å²) in [7, 11) is 0. The number of carbonyl (C=O) groups excluding carboxylic acids is 8. The van der Waals surface area contributed by atoms with Crippen molar-refractivity contribution in [2.75, 3.05) is 6.61 Å². The smallest absolute Gasteiger partial charge is 0.407 e. The average Bonchev–Trinajstić information content (AvgIpc) is 1.41. The summed E-state index contributed by atoms with van der Waals surface area (Å²) < 4.78 is 44.9. The molecule has 576 valence electrons. The predicted molar refractivity (Wildman–Crippen MR) is 397 cm³/mol. The Bertz CT molecular complexity index is 4050. The minimum absolute atomic E-state index is 0.0145. The Morgan fingerprint density at radius 3 is 2.04 bits per heavy atom. The summed E-state index contributed by atoms with van der Waals surface area (Å²) in [6, 6.07) is 22.3. The molecule has 21 nitrogen and oxygen atoms in total. The minimum Gasteiger partial charge on any atom is -0.456 e. The molecule has 1 aliphatic heterocycles. The highest BCUT2D eigenvalue weighted by Crippen LogP contribution is 2.66. The fraction of sp³-hybridized carbons (Fsp3) is 0.581. The number of amides is 3. The van der Waals surface area contributed by atoms with Gasteiger partial charge in [0.15, 0.2) is 23.6 Å². The van der Waals surface area contributed by atoms with Gasteiger partial charge in [-0.15, -0.1) is 0 Å². The van der Waals surface area contributed by atoms with Crippen LogP contribution in [-0.2, 0) is 52.3 Å².